The molecule has 0 aliphatic carbocycles. The van der Waals surface area contributed by atoms with Crippen LogP contribution in [0.2, 0.25) is 0 Å². The Morgan fingerprint density at radius 1 is 1.53 bits per heavy atom. The van der Waals surface area contributed by atoms with Crippen LogP contribution in [0.4, 0.5) is 20.2 Å². The van der Waals surface area contributed by atoms with E-state index in [0.29, 0.717) is 13.0 Å². The molecule has 1 fully saturated rings. The van der Waals surface area contributed by atoms with Crippen LogP contribution in [0.25, 0.3) is 0 Å². The van der Waals surface area contributed by atoms with Gasteiger partial charge in [-0.2, -0.15) is 0 Å². The van der Waals surface area contributed by atoms with Crippen LogP contribution in [-0.4, -0.2) is 29.7 Å². The van der Waals surface area contributed by atoms with Gasteiger partial charge in [-0.15, -0.1) is 0 Å². The number of rotatable bonds is 4. The monoisotopic (exact) mass is 270 g/mol. The van der Waals surface area contributed by atoms with E-state index in [2.05, 4.69) is 0 Å². The van der Waals surface area contributed by atoms with Crippen molar-refractivity contribution < 1.29 is 18.5 Å². The van der Waals surface area contributed by atoms with Gasteiger partial charge in [-0.1, -0.05) is 0 Å². The van der Waals surface area contributed by atoms with E-state index in [4.69, 9.17) is 0 Å². The largest absolute Gasteiger partial charge is 0.357 e. The van der Waals surface area contributed by atoms with Crippen molar-refractivity contribution in [3.63, 3.8) is 0 Å². The van der Waals surface area contributed by atoms with E-state index >= 15 is 0 Å². The van der Waals surface area contributed by atoms with E-state index < -0.39 is 17.4 Å². The molecule has 1 aromatic carbocycles. The number of Topliss-reactive ketones (excluding diaryl/α,β-unsaturated/α-hetero) is 1. The van der Waals surface area contributed by atoms with E-state index in [-0.39, 0.29) is 22.7 Å². The minimum Gasteiger partial charge on any atom is -0.357 e. The Morgan fingerprint density at radius 3 is 2.63 bits per heavy atom. The standard InChI is InChI=1S/C12H12F2N2O3/c1-7(17)8-2-3-9(11(6-8)16(18)19)15-5-4-10(15)12(13)14/h2-3,6,10,12H,4-5H2,1H3/t10-/m1/s1. The SMILES string of the molecule is CC(=O)c1ccc(N2CC[C@@H]2C(F)F)c([N+](=O)[O-])c1. The molecule has 0 unspecified atom stereocenters. The minimum absolute atomic E-state index is 0.145. The molecule has 0 N–H and O–H groups in total. The van der Waals surface area contributed by atoms with E-state index in [9.17, 15) is 23.7 Å². The summed E-state index contributed by atoms with van der Waals surface area (Å²) in [5, 5.41) is 11.0. The Hall–Kier alpha value is -2.05. The number of halogens is 2. The zero-order valence-corrected chi connectivity index (χ0v) is 10.2. The van der Waals surface area contributed by atoms with Gasteiger partial charge in [0.1, 0.15) is 5.69 Å². The van der Waals surface area contributed by atoms with Crippen LogP contribution >= 0.6 is 0 Å². The van der Waals surface area contributed by atoms with Crippen molar-refractivity contribution in [1.29, 1.82) is 0 Å². The van der Waals surface area contributed by atoms with Gasteiger partial charge in [0.2, 0.25) is 0 Å². The van der Waals surface area contributed by atoms with Crippen molar-refractivity contribution in [2.75, 3.05) is 11.4 Å². The third kappa shape index (κ3) is 2.40. The van der Waals surface area contributed by atoms with Crippen molar-refractivity contribution in [3.05, 3.63) is 33.9 Å². The molecule has 1 saturated heterocycles. The predicted molar refractivity (Wildman–Crippen MR) is 64.9 cm³/mol. The summed E-state index contributed by atoms with van der Waals surface area (Å²) in [6.07, 6.45) is -2.23. The van der Waals surface area contributed by atoms with Crippen LogP contribution in [0.3, 0.4) is 0 Å². The molecule has 1 aliphatic rings. The first-order valence-corrected chi connectivity index (χ1v) is 5.76. The highest BCUT2D eigenvalue weighted by molar-refractivity contribution is 5.95. The molecule has 0 amide bonds. The highest BCUT2D eigenvalue weighted by Crippen LogP contribution is 2.37. The highest BCUT2D eigenvalue weighted by atomic mass is 19.3. The number of anilines is 1. The normalized spacial score (nSPS) is 18.3. The maximum atomic E-state index is 12.7. The van der Waals surface area contributed by atoms with Gasteiger partial charge >= 0.3 is 0 Å². The fourth-order valence-corrected chi connectivity index (χ4v) is 2.10. The molecule has 1 aromatic rings. The number of benzene rings is 1. The predicted octanol–water partition coefficient (Wildman–Crippen LogP) is 2.64. The molecule has 7 heteroatoms. The maximum Gasteiger partial charge on any atom is 0.293 e. The Kier molecular flexibility index (Phi) is 3.46. The number of carbonyl (C=O) groups excluding carboxylic acids is 1. The minimum atomic E-state index is -2.54. The smallest absolute Gasteiger partial charge is 0.293 e. The molecule has 102 valence electrons. The number of carbonyl (C=O) groups is 1. The van der Waals surface area contributed by atoms with Crippen LogP contribution < -0.4 is 4.90 Å². The quantitative estimate of drug-likeness (QED) is 0.479. The van der Waals surface area contributed by atoms with Crippen LogP contribution in [0.1, 0.15) is 23.7 Å². The van der Waals surface area contributed by atoms with Crippen molar-refractivity contribution in [2.45, 2.75) is 25.8 Å². The molecule has 1 atom stereocenters. The van der Waals surface area contributed by atoms with Crippen LogP contribution in [0, 0.1) is 10.1 Å². The van der Waals surface area contributed by atoms with Gasteiger partial charge in [-0.25, -0.2) is 8.78 Å². The summed E-state index contributed by atoms with van der Waals surface area (Å²) in [6, 6.07) is 2.94. The van der Waals surface area contributed by atoms with Gasteiger partial charge in [0.25, 0.3) is 12.1 Å². The molecule has 1 heterocycles. The van der Waals surface area contributed by atoms with Gasteiger partial charge in [0.15, 0.2) is 5.78 Å². The van der Waals surface area contributed by atoms with Gasteiger partial charge in [0, 0.05) is 18.2 Å². The van der Waals surface area contributed by atoms with E-state index in [0.717, 1.165) is 6.07 Å². The molecular weight excluding hydrogens is 258 g/mol. The zero-order chi connectivity index (χ0) is 14.2. The Balaban J connectivity index is 2.40. The molecule has 0 saturated carbocycles. The molecular formula is C12H12F2N2O3. The third-order valence-electron chi connectivity index (χ3n) is 3.25. The van der Waals surface area contributed by atoms with Crippen molar-refractivity contribution in [1.82, 2.24) is 0 Å². The lowest BCUT2D eigenvalue weighted by Gasteiger charge is -2.41. The first-order chi connectivity index (χ1) is 8.91. The first kappa shape index (κ1) is 13.4. The number of hydrogen-bond acceptors (Lipinski definition) is 4. The fraction of sp³-hybridized carbons (Fsp3) is 0.417. The van der Waals surface area contributed by atoms with E-state index in [1.54, 1.807) is 0 Å². The first-order valence-electron chi connectivity index (χ1n) is 5.76. The molecule has 19 heavy (non-hydrogen) atoms. The lowest BCUT2D eigenvalue weighted by atomic mass is 10.0. The fourth-order valence-electron chi connectivity index (χ4n) is 2.10. The second-order valence-corrected chi connectivity index (χ2v) is 4.40. The second kappa shape index (κ2) is 4.91. The number of nitro groups is 1. The summed E-state index contributed by atoms with van der Waals surface area (Å²) in [7, 11) is 0. The van der Waals surface area contributed by atoms with Gasteiger partial charge < -0.3 is 4.90 Å². The second-order valence-electron chi connectivity index (χ2n) is 4.40. The Labute approximate surface area is 108 Å². The zero-order valence-electron chi connectivity index (χ0n) is 10.2. The number of alkyl halides is 2. The lowest BCUT2D eigenvalue weighted by molar-refractivity contribution is -0.384. The average molecular weight is 270 g/mol. The van der Waals surface area contributed by atoms with E-state index in [1.165, 1.54) is 24.0 Å². The molecule has 0 spiro atoms. The van der Waals surface area contributed by atoms with Gasteiger partial charge in [-0.05, 0) is 25.5 Å². The van der Waals surface area contributed by atoms with Gasteiger partial charge in [-0.3, -0.25) is 14.9 Å². The molecule has 1 aliphatic heterocycles. The Bertz CT molecular complexity index is 534. The average Bonchev–Trinajstić information content (AvgIpc) is 2.26. The van der Waals surface area contributed by atoms with Crippen LogP contribution in [0.5, 0.6) is 0 Å². The van der Waals surface area contributed by atoms with Crippen molar-refractivity contribution >= 4 is 17.2 Å². The summed E-state index contributed by atoms with van der Waals surface area (Å²) >= 11 is 0. The number of ketones is 1. The summed E-state index contributed by atoms with van der Waals surface area (Å²) in [5.74, 6) is -0.302. The Morgan fingerprint density at radius 2 is 2.21 bits per heavy atom. The lowest BCUT2D eigenvalue weighted by Crippen LogP contribution is -2.52. The van der Waals surface area contributed by atoms with Crippen molar-refractivity contribution in [2.24, 2.45) is 0 Å². The van der Waals surface area contributed by atoms with Crippen LogP contribution in [0.15, 0.2) is 18.2 Å². The summed E-state index contributed by atoms with van der Waals surface area (Å²) in [5.41, 5.74) is 0.0363. The topological polar surface area (TPSA) is 63.5 Å². The number of hydrogen-bond donors (Lipinski definition) is 0. The highest BCUT2D eigenvalue weighted by Gasteiger charge is 2.38. The third-order valence-corrected chi connectivity index (χ3v) is 3.25. The molecule has 0 bridgehead atoms. The summed E-state index contributed by atoms with van der Waals surface area (Å²) in [6.45, 7) is 1.65. The van der Waals surface area contributed by atoms with E-state index in [1.807, 2.05) is 0 Å². The van der Waals surface area contributed by atoms with Gasteiger partial charge in [0.05, 0.1) is 11.0 Å². The molecule has 0 radical (unpaired) electrons. The molecule has 0 aromatic heterocycles. The summed E-state index contributed by atoms with van der Waals surface area (Å²) in [4.78, 5) is 22.9. The van der Waals surface area contributed by atoms with Crippen LogP contribution in [-0.2, 0) is 0 Å². The van der Waals surface area contributed by atoms with Crippen molar-refractivity contribution in [3.8, 4) is 0 Å². The summed E-state index contributed by atoms with van der Waals surface area (Å²) < 4.78 is 25.4. The molecule has 2 rings (SSSR count). The molecule has 5 nitrogen and oxygen atoms in total. The number of nitrogens with zero attached hydrogens (tertiary/aromatic N) is 2. The maximum absolute atomic E-state index is 12.7. The number of nitro benzene ring substituents is 1.